The van der Waals surface area contributed by atoms with Gasteiger partial charge in [0.2, 0.25) is 0 Å². The van der Waals surface area contributed by atoms with Gasteiger partial charge in [0, 0.05) is 23.2 Å². The Bertz CT molecular complexity index is 421. The molecule has 19 heavy (non-hydrogen) atoms. The molecule has 1 unspecified atom stereocenters. The van der Waals surface area contributed by atoms with E-state index < -0.39 is 12.7 Å². The zero-order valence-electron chi connectivity index (χ0n) is 11.0. The fourth-order valence-corrected chi connectivity index (χ4v) is 2.25. The Labute approximate surface area is 119 Å². The van der Waals surface area contributed by atoms with Gasteiger partial charge in [0.25, 0.3) is 0 Å². The Morgan fingerprint density at radius 2 is 2.00 bits per heavy atom. The zero-order chi connectivity index (χ0) is 14.6. The number of nitrogens with zero attached hydrogens (tertiary/aromatic N) is 1. The van der Waals surface area contributed by atoms with E-state index in [2.05, 4.69) is 15.9 Å². The molecule has 108 valence electrons. The minimum Gasteiger partial charge on any atom is -0.366 e. The number of rotatable bonds is 5. The number of anilines is 1. The molecule has 0 fully saturated rings. The second kappa shape index (κ2) is 6.61. The molecular formula is C13H18BrF3N2. The first-order chi connectivity index (χ1) is 8.73. The average molecular weight is 339 g/mol. The van der Waals surface area contributed by atoms with Gasteiger partial charge in [-0.05, 0) is 30.5 Å². The summed E-state index contributed by atoms with van der Waals surface area (Å²) < 4.78 is 37.8. The van der Waals surface area contributed by atoms with Crippen LogP contribution in [0.2, 0.25) is 0 Å². The Kier molecular flexibility index (Phi) is 5.67. The molecule has 0 aliphatic rings. The molecule has 1 aromatic carbocycles. The predicted molar refractivity (Wildman–Crippen MR) is 75.4 cm³/mol. The van der Waals surface area contributed by atoms with Crippen LogP contribution in [0.4, 0.5) is 18.9 Å². The van der Waals surface area contributed by atoms with Crippen molar-refractivity contribution < 1.29 is 13.2 Å². The van der Waals surface area contributed by atoms with E-state index in [1.165, 1.54) is 11.9 Å². The van der Waals surface area contributed by atoms with Crippen LogP contribution in [-0.4, -0.2) is 25.8 Å². The van der Waals surface area contributed by atoms with Crippen molar-refractivity contribution in [3.05, 3.63) is 28.2 Å². The molecule has 1 rings (SSSR count). The van der Waals surface area contributed by atoms with Crippen LogP contribution >= 0.6 is 15.9 Å². The summed E-state index contributed by atoms with van der Waals surface area (Å²) in [5, 5.41) is 0. The second-order valence-electron chi connectivity index (χ2n) is 4.62. The molecule has 0 saturated carbocycles. The molecule has 2 N–H and O–H groups in total. The number of nitrogens with two attached hydrogens (primary N) is 1. The summed E-state index contributed by atoms with van der Waals surface area (Å²) in [6.07, 6.45) is -2.63. The van der Waals surface area contributed by atoms with Crippen molar-refractivity contribution in [2.45, 2.75) is 32.0 Å². The van der Waals surface area contributed by atoms with Crippen LogP contribution in [0.3, 0.4) is 0 Å². The van der Waals surface area contributed by atoms with E-state index in [4.69, 9.17) is 5.73 Å². The third-order valence-electron chi connectivity index (χ3n) is 2.90. The lowest BCUT2D eigenvalue weighted by atomic mass is 10.0. The molecular weight excluding hydrogens is 321 g/mol. The fourth-order valence-electron chi connectivity index (χ4n) is 1.73. The van der Waals surface area contributed by atoms with E-state index in [1.807, 2.05) is 13.0 Å². The van der Waals surface area contributed by atoms with Crippen LogP contribution < -0.4 is 10.6 Å². The summed E-state index contributed by atoms with van der Waals surface area (Å²) in [6.45, 7) is 1.04. The predicted octanol–water partition coefficient (Wildman–Crippen LogP) is 3.73. The quantitative estimate of drug-likeness (QED) is 0.886. The first kappa shape index (κ1) is 16.3. The number of alkyl halides is 3. The number of benzene rings is 1. The normalized spacial score (nSPS) is 13.4. The maximum absolute atomic E-state index is 12.3. The molecule has 1 aromatic rings. The molecule has 0 aliphatic carbocycles. The lowest BCUT2D eigenvalue weighted by Crippen LogP contribution is -2.30. The van der Waals surface area contributed by atoms with Crippen molar-refractivity contribution in [1.29, 1.82) is 0 Å². The molecule has 0 bridgehead atoms. The lowest BCUT2D eigenvalue weighted by molar-refractivity contribution is -0.119. The SMILES string of the molecule is CCC(N)Cc1ccc(N(C)CC(F)(F)F)cc1Br. The zero-order valence-corrected chi connectivity index (χ0v) is 12.6. The third kappa shape index (κ3) is 5.40. The molecule has 0 aliphatic heterocycles. The van der Waals surface area contributed by atoms with E-state index in [1.54, 1.807) is 12.1 Å². The highest BCUT2D eigenvalue weighted by Gasteiger charge is 2.29. The van der Waals surface area contributed by atoms with Crippen molar-refractivity contribution in [2.24, 2.45) is 5.73 Å². The lowest BCUT2D eigenvalue weighted by Gasteiger charge is -2.22. The summed E-state index contributed by atoms with van der Waals surface area (Å²) in [5.74, 6) is 0. The number of halogens is 4. The standard InChI is InChI=1S/C13H18BrF3N2/c1-3-10(18)6-9-4-5-11(7-12(9)14)19(2)8-13(15,16)17/h4-5,7,10H,3,6,8,18H2,1-2H3. The van der Waals surface area contributed by atoms with Crippen LogP contribution in [0.5, 0.6) is 0 Å². The van der Waals surface area contributed by atoms with Crippen LogP contribution in [-0.2, 0) is 6.42 Å². The molecule has 0 saturated heterocycles. The molecule has 0 radical (unpaired) electrons. The molecule has 2 nitrogen and oxygen atoms in total. The average Bonchev–Trinajstić information content (AvgIpc) is 2.29. The highest BCUT2D eigenvalue weighted by molar-refractivity contribution is 9.10. The minimum atomic E-state index is -4.20. The van der Waals surface area contributed by atoms with Crippen molar-refractivity contribution in [3.8, 4) is 0 Å². The maximum atomic E-state index is 12.3. The highest BCUT2D eigenvalue weighted by atomic mass is 79.9. The van der Waals surface area contributed by atoms with Gasteiger partial charge in [-0.2, -0.15) is 13.2 Å². The summed E-state index contributed by atoms with van der Waals surface area (Å²) in [6, 6.07) is 5.27. The highest BCUT2D eigenvalue weighted by Crippen LogP contribution is 2.27. The largest absolute Gasteiger partial charge is 0.405 e. The van der Waals surface area contributed by atoms with E-state index >= 15 is 0 Å². The van der Waals surface area contributed by atoms with Gasteiger partial charge in [-0.1, -0.05) is 28.9 Å². The number of hydrogen-bond acceptors (Lipinski definition) is 2. The minimum absolute atomic E-state index is 0.0649. The van der Waals surface area contributed by atoms with Gasteiger partial charge in [-0.3, -0.25) is 0 Å². The molecule has 6 heteroatoms. The van der Waals surface area contributed by atoms with Gasteiger partial charge >= 0.3 is 6.18 Å². The van der Waals surface area contributed by atoms with Gasteiger partial charge in [-0.15, -0.1) is 0 Å². The van der Waals surface area contributed by atoms with E-state index in [0.717, 1.165) is 16.5 Å². The monoisotopic (exact) mass is 338 g/mol. The van der Waals surface area contributed by atoms with Gasteiger partial charge in [-0.25, -0.2) is 0 Å². The van der Waals surface area contributed by atoms with Crippen LogP contribution in [0, 0.1) is 0 Å². The smallest absolute Gasteiger partial charge is 0.366 e. The first-order valence-electron chi connectivity index (χ1n) is 6.05. The van der Waals surface area contributed by atoms with Crippen molar-refractivity contribution in [1.82, 2.24) is 0 Å². The molecule has 0 amide bonds. The van der Waals surface area contributed by atoms with Gasteiger partial charge < -0.3 is 10.6 Å². The summed E-state index contributed by atoms with van der Waals surface area (Å²) in [4.78, 5) is 1.17. The topological polar surface area (TPSA) is 29.3 Å². The molecule has 0 spiro atoms. The van der Waals surface area contributed by atoms with E-state index in [-0.39, 0.29) is 6.04 Å². The Balaban J connectivity index is 2.81. The van der Waals surface area contributed by atoms with Gasteiger partial charge in [0.1, 0.15) is 6.54 Å². The van der Waals surface area contributed by atoms with Crippen molar-refractivity contribution in [2.75, 3.05) is 18.5 Å². The van der Waals surface area contributed by atoms with E-state index in [0.29, 0.717) is 12.1 Å². The molecule has 1 atom stereocenters. The van der Waals surface area contributed by atoms with Gasteiger partial charge in [0.05, 0.1) is 0 Å². The van der Waals surface area contributed by atoms with E-state index in [9.17, 15) is 13.2 Å². The van der Waals surface area contributed by atoms with Crippen molar-refractivity contribution >= 4 is 21.6 Å². The maximum Gasteiger partial charge on any atom is 0.405 e. The summed E-state index contributed by atoms with van der Waals surface area (Å²) in [5.41, 5.74) is 7.41. The molecule has 0 aromatic heterocycles. The molecule has 0 heterocycles. The fraction of sp³-hybridized carbons (Fsp3) is 0.538. The third-order valence-corrected chi connectivity index (χ3v) is 3.64. The van der Waals surface area contributed by atoms with Crippen LogP contribution in [0.15, 0.2) is 22.7 Å². The Morgan fingerprint density at radius 3 is 2.47 bits per heavy atom. The number of hydrogen-bond donors (Lipinski definition) is 1. The summed E-state index contributed by atoms with van der Waals surface area (Å²) >= 11 is 3.39. The second-order valence-corrected chi connectivity index (χ2v) is 5.47. The van der Waals surface area contributed by atoms with Gasteiger partial charge in [0.15, 0.2) is 0 Å². The van der Waals surface area contributed by atoms with Crippen molar-refractivity contribution in [3.63, 3.8) is 0 Å². The van der Waals surface area contributed by atoms with Crippen LogP contribution in [0.25, 0.3) is 0 Å². The Hall–Kier alpha value is -0.750. The summed E-state index contributed by atoms with van der Waals surface area (Å²) in [7, 11) is 1.42. The Morgan fingerprint density at radius 1 is 1.37 bits per heavy atom. The van der Waals surface area contributed by atoms with Crippen LogP contribution in [0.1, 0.15) is 18.9 Å². The first-order valence-corrected chi connectivity index (χ1v) is 6.84.